The molecule has 1 aromatic rings. The summed E-state index contributed by atoms with van der Waals surface area (Å²) in [6, 6.07) is 6.98. The summed E-state index contributed by atoms with van der Waals surface area (Å²) in [5.74, 6) is -0.277. The fraction of sp³-hybridized carbons (Fsp3) is 0.647. The van der Waals surface area contributed by atoms with E-state index in [0.717, 1.165) is 13.1 Å². The molecule has 2 nitrogen and oxygen atoms in total. The van der Waals surface area contributed by atoms with Gasteiger partial charge in [0.15, 0.2) is 0 Å². The largest absolute Gasteiger partial charge is 0.388 e. The predicted molar refractivity (Wildman–Crippen MR) is 80.1 cm³/mol. The Bertz CT molecular complexity index is 404. The van der Waals surface area contributed by atoms with Crippen molar-refractivity contribution in [2.45, 2.75) is 57.6 Å². The summed E-state index contributed by atoms with van der Waals surface area (Å²) in [5, 5.41) is 10.2. The molecule has 1 aliphatic carbocycles. The van der Waals surface area contributed by atoms with Crippen molar-refractivity contribution in [1.29, 1.82) is 0 Å². The van der Waals surface area contributed by atoms with Crippen molar-refractivity contribution in [2.75, 3.05) is 13.1 Å². The third kappa shape index (κ3) is 4.29. The number of aliphatic hydroxyl groups is 1. The van der Waals surface area contributed by atoms with Crippen LogP contribution in [0.2, 0.25) is 0 Å². The Morgan fingerprint density at radius 1 is 1.30 bits per heavy atom. The molecule has 3 heteroatoms. The molecule has 0 heterocycles. The maximum Gasteiger partial charge on any atom is 0.123 e. The number of halogens is 1. The van der Waals surface area contributed by atoms with Crippen molar-refractivity contribution < 1.29 is 9.50 Å². The molecular formula is C17H26FNO. The Labute approximate surface area is 121 Å². The molecule has 1 N–H and O–H groups in total. The molecule has 1 fully saturated rings. The maximum absolute atomic E-state index is 13.2. The van der Waals surface area contributed by atoms with Crippen LogP contribution in [0, 0.1) is 5.82 Å². The van der Waals surface area contributed by atoms with E-state index < -0.39 is 6.10 Å². The molecule has 20 heavy (non-hydrogen) atoms. The van der Waals surface area contributed by atoms with Gasteiger partial charge in [-0.15, -0.1) is 0 Å². The van der Waals surface area contributed by atoms with Crippen LogP contribution in [-0.2, 0) is 0 Å². The molecule has 0 aromatic heterocycles. The van der Waals surface area contributed by atoms with E-state index >= 15 is 0 Å². The highest BCUT2D eigenvalue weighted by atomic mass is 19.1. The van der Waals surface area contributed by atoms with E-state index in [2.05, 4.69) is 11.8 Å². The van der Waals surface area contributed by atoms with Gasteiger partial charge in [0, 0.05) is 12.6 Å². The van der Waals surface area contributed by atoms with E-state index in [-0.39, 0.29) is 5.82 Å². The molecule has 112 valence electrons. The molecular weight excluding hydrogens is 253 g/mol. The molecule has 0 bridgehead atoms. The zero-order valence-electron chi connectivity index (χ0n) is 12.4. The van der Waals surface area contributed by atoms with Crippen LogP contribution in [0.15, 0.2) is 24.3 Å². The average molecular weight is 279 g/mol. The lowest BCUT2D eigenvalue weighted by molar-refractivity contribution is 0.112. The molecule has 0 spiro atoms. The van der Waals surface area contributed by atoms with Gasteiger partial charge in [-0.2, -0.15) is 0 Å². The molecule has 0 radical (unpaired) electrons. The van der Waals surface area contributed by atoms with Crippen molar-refractivity contribution in [3.05, 3.63) is 35.6 Å². The van der Waals surface area contributed by atoms with Crippen molar-refractivity contribution >= 4 is 0 Å². The van der Waals surface area contributed by atoms with E-state index in [0.29, 0.717) is 18.0 Å². The first-order valence-corrected chi connectivity index (χ1v) is 7.88. The second-order valence-electron chi connectivity index (χ2n) is 5.78. The first-order valence-electron chi connectivity index (χ1n) is 7.88. The molecule has 0 saturated heterocycles. The van der Waals surface area contributed by atoms with E-state index in [4.69, 9.17) is 0 Å². The van der Waals surface area contributed by atoms with Crippen LogP contribution in [0.5, 0.6) is 0 Å². The minimum Gasteiger partial charge on any atom is -0.388 e. The lowest BCUT2D eigenvalue weighted by Crippen LogP contribution is -2.37. The summed E-state index contributed by atoms with van der Waals surface area (Å²) in [6.07, 6.45) is 6.69. The van der Waals surface area contributed by atoms with Crippen LogP contribution < -0.4 is 0 Å². The Morgan fingerprint density at radius 3 is 2.70 bits per heavy atom. The van der Waals surface area contributed by atoms with Crippen LogP contribution in [0.1, 0.15) is 57.1 Å². The SMILES string of the molecule is CCN(CCC(O)c1cccc(F)c1)C1CCCCC1. The second-order valence-corrected chi connectivity index (χ2v) is 5.78. The standard InChI is InChI=1S/C17H26FNO/c1-2-19(16-9-4-3-5-10-16)12-11-17(20)14-7-6-8-15(18)13-14/h6-8,13,16-17,20H,2-5,9-12H2,1H3. The quantitative estimate of drug-likeness (QED) is 0.853. The van der Waals surface area contributed by atoms with Crippen LogP contribution in [-0.4, -0.2) is 29.1 Å². The van der Waals surface area contributed by atoms with E-state index in [1.807, 2.05) is 0 Å². The van der Waals surface area contributed by atoms with Crippen molar-refractivity contribution in [3.63, 3.8) is 0 Å². The van der Waals surface area contributed by atoms with Gasteiger partial charge in [0.1, 0.15) is 5.82 Å². The fourth-order valence-corrected chi connectivity index (χ4v) is 3.21. The third-order valence-corrected chi connectivity index (χ3v) is 4.42. The molecule has 0 amide bonds. The van der Waals surface area contributed by atoms with Crippen LogP contribution in [0.25, 0.3) is 0 Å². The monoisotopic (exact) mass is 279 g/mol. The first-order chi connectivity index (χ1) is 9.70. The molecule has 0 aliphatic heterocycles. The zero-order chi connectivity index (χ0) is 14.4. The molecule has 1 aliphatic rings. The van der Waals surface area contributed by atoms with Gasteiger partial charge in [0.2, 0.25) is 0 Å². The molecule has 1 aromatic carbocycles. The normalized spacial score (nSPS) is 18.4. The van der Waals surface area contributed by atoms with E-state index in [1.165, 1.54) is 44.2 Å². The molecule has 1 atom stereocenters. The van der Waals surface area contributed by atoms with Gasteiger partial charge in [-0.05, 0) is 43.5 Å². The van der Waals surface area contributed by atoms with E-state index in [1.54, 1.807) is 12.1 Å². The fourth-order valence-electron chi connectivity index (χ4n) is 3.21. The highest BCUT2D eigenvalue weighted by Crippen LogP contribution is 2.24. The summed E-state index contributed by atoms with van der Waals surface area (Å²) in [5.41, 5.74) is 0.685. The van der Waals surface area contributed by atoms with Crippen LogP contribution in [0.3, 0.4) is 0 Å². The van der Waals surface area contributed by atoms with Gasteiger partial charge in [0.05, 0.1) is 6.10 Å². The molecule has 1 saturated carbocycles. The minimum atomic E-state index is -0.566. The Morgan fingerprint density at radius 2 is 2.05 bits per heavy atom. The number of rotatable bonds is 6. The Hall–Kier alpha value is -0.930. The average Bonchev–Trinajstić information content (AvgIpc) is 2.49. The van der Waals surface area contributed by atoms with Crippen LogP contribution in [0.4, 0.5) is 4.39 Å². The first kappa shape index (κ1) is 15.5. The molecule has 2 rings (SSSR count). The summed E-state index contributed by atoms with van der Waals surface area (Å²) in [6.45, 7) is 4.10. The lowest BCUT2D eigenvalue weighted by Gasteiger charge is -2.34. The maximum atomic E-state index is 13.2. The summed E-state index contributed by atoms with van der Waals surface area (Å²) in [4.78, 5) is 2.47. The summed E-state index contributed by atoms with van der Waals surface area (Å²) in [7, 11) is 0. The number of nitrogens with zero attached hydrogens (tertiary/aromatic N) is 1. The highest BCUT2D eigenvalue weighted by molar-refractivity contribution is 5.18. The van der Waals surface area contributed by atoms with Crippen LogP contribution >= 0.6 is 0 Å². The van der Waals surface area contributed by atoms with Gasteiger partial charge in [-0.25, -0.2) is 4.39 Å². The molecule has 1 unspecified atom stereocenters. The highest BCUT2D eigenvalue weighted by Gasteiger charge is 2.20. The van der Waals surface area contributed by atoms with E-state index in [9.17, 15) is 9.50 Å². The third-order valence-electron chi connectivity index (χ3n) is 4.42. The number of hydrogen-bond donors (Lipinski definition) is 1. The van der Waals surface area contributed by atoms with Crippen molar-refractivity contribution in [1.82, 2.24) is 4.90 Å². The topological polar surface area (TPSA) is 23.5 Å². The Kier molecular flexibility index (Phi) is 5.99. The number of aliphatic hydroxyl groups excluding tert-OH is 1. The minimum absolute atomic E-state index is 0.277. The van der Waals surface area contributed by atoms with Gasteiger partial charge < -0.3 is 10.0 Å². The predicted octanol–water partition coefficient (Wildman–Crippen LogP) is 3.90. The number of benzene rings is 1. The summed E-state index contributed by atoms with van der Waals surface area (Å²) < 4.78 is 13.2. The number of hydrogen-bond acceptors (Lipinski definition) is 2. The second kappa shape index (κ2) is 7.75. The zero-order valence-corrected chi connectivity index (χ0v) is 12.4. The Balaban J connectivity index is 1.85. The summed E-state index contributed by atoms with van der Waals surface area (Å²) >= 11 is 0. The van der Waals surface area contributed by atoms with Gasteiger partial charge in [0.25, 0.3) is 0 Å². The lowest BCUT2D eigenvalue weighted by atomic mass is 9.94. The smallest absolute Gasteiger partial charge is 0.123 e. The van der Waals surface area contributed by atoms with Gasteiger partial charge in [-0.1, -0.05) is 38.3 Å². The van der Waals surface area contributed by atoms with Gasteiger partial charge in [-0.3, -0.25) is 0 Å². The van der Waals surface area contributed by atoms with Crippen molar-refractivity contribution in [3.8, 4) is 0 Å². The van der Waals surface area contributed by atoms with Gasteiger partial charge >= 0.3 is 0 Å². The van der Waals surface area contributed by atoms with Crippen molar-refractivity contribution in [2.24, 2.45) is 0 Å².